The van der Waals surface area contributed by atoms with Gasteiger partial charge in [0.2, 0.25) is 0 Å². The minimum Gasteiger partial charge on any atom is -0.372 e. The molecule has 0 aliphatic heterocycles. The zero-order valence-corrected chi connectivity index (χ0v) is 23.4. The summed E-state index contributed by atoms with van der Waals surface area (Å²) in [5.74, 6) is 6.03. The molecule has 4 rings (SSSR count). The first-order valence-electron chi connectivity index (χ1n) is 12.5. The fourth-order valence-corrected chi connectivity index (χ4v) is 4.63. The topological polar surface area (TPSA) is 59.4 Å². The number of hydrogen-bond acceptors (Lipinski definition) is 4. The number of fused-ring (bicyclic) bond motifs is 1. The quantitative estimate of drug-likeness (QED) is 0.273. The van der Waals surface area contributed by atoms with Crippen molar-refractivity contribution in [1.82, 2.24) is 4.98 Å². The lowest BCUT2D eigenvalue weighted by Gasteiger charge is -2.29. The van der Waals surface area contributed by atoms with Crippen LogP contribution in [0.2, 0.25) is 5.02 Å². The number of pyridine rings is 1. The zero-order chi connectivity index (χ0) is 27.7. The van der Waals surface area contributed by atoms with Crippen molar-refractivity contribution in [3.05, 3.63) is 100 Å². The summed E-state index contributed by atoms with van der Waals surface area (Å²) in [7, 11) is 0. The molecular formula is C33H32ClNO3. The monoisotopic (exact) mass is 525 g/mol. The Hall–Kier alpha value is -3.49. The number of carbonyl (C=O) groups excluding carboxylic acids is 1. The molecule has 4 aromatic rings. The van der Waals surface area contributed by atoms with Crippen molar-refractivity contribution in [3.63, 3.8) is 0 Å². The minimum absolute atomic E-state index is 0.0695. The van der Waals surface area contributed by atoms with Crippen LogP contribution in [0, 0.1) is 18.8 Å². The molecule has 1 N–H and O–H groups in total. The first kappa shape index (κ1) is 27.5. The van der Waals surface area contributed by atoms with E-state index in [1.54, 1.807) is 32.2 Å². The summed E-state index contributed by atoms with van der Waals surface area (Å²) >= 11 is 6.22. The van der Waals surface area contributed by atoms with Gasteiger partial charge in [0.05, 0.1) is 11.3 Å². The second-order valence-electron chi connectivity index (χ2n) is 10.7. The van der Waals surface area contributed by atoms with Crippen molar-refractivity contribution in [3.8, 4) is 23.0 Å². The molecule has 2 atom stereocenters. The molecule has 0 aliphatic carbocycles. The van der Waals surface area contributed by atoms with E-state index in [9.17, 15) is 9.90 Å². The molecule has 0 saturated heterocycles. The molecular weight excluding hydrogens is 494 g/mol. The molecule has 2 unspecified atom stereocenters. The van der Waals surface area contributed by atoms with Gasteiger partial charge in [-0.2, -0.15) is 0 Å². The van der Waals surface area contributed by atoms with Gasteiger partial charge in [0.25, 0.3) is 0 Å². The van der Waals surface area contributed by atoms with Crippen LogP contribution in [0.3, 0.4) is 0 Å². The van der Waals surface area contributed by atoms with Crippen molar-refractivity contribution < 1.29 is 14.6 Å². The number of hydrogen-bond donors (Lipinski definition) is 1. The molecule has 5 heteroatoms. The Balaban J connectivity index is 1.96. The SMILES string of the molecule is CC(=O)C(OC(C)(C)C)c1c(C)cc2ccc(C#CC(C)(O)c3ccccn3)cc2c1-c1ccc(Cl)cc1. The van der Waals surface area contributed by atoms with E-state index in [1.165, 1.54) is 0 Å². The average molecular weight is 526 g/mol. The van der Waals surface area contributed by atoms with Crippen LogP contribution in [0.4, 0.5) is 0 Å². The number of halogens is 1. The highest BCUT2D eigenvalue weighted by Crippen LogP contribution is 2.41. The Morgan fingerprint density at radius 3 is 2.34 bits per heavy atom. The number of ether oxygens (including phenoxy) is 1. The molecule has 1 heterocycles. The van der Waals surface area contributed by atoms with E-state index in [-0.39, 0.29) is 5.78 Å². The summed E-state index contributed by atoms with van der Waals surface area (Å²) in [5, 5.41) is 13.5. The molecule has 0 bridgehead atoms. The maximum absolute atomic E-state index is 13.0. The third kappa shape index (κ3) is 6.14. The van der Waals surface area contributed by atoms with Gasteiger partial charge in [-0.25, -0.2) is 0 Å². The number of ketones is 1. The Bertz CT molecular complexity index is 1540. The van der Waals surface area contributed by atoms with Crippen LogP contribution in [0.5, 0.6) is 0 Å². The first-order chi connectivity index (χ1) is 17.9. The van der Waals surface area contributed by atoms with Gasteiger partial charge in [0.1, 0.15) is 6.10 Å². The number of aryl methyl sites for hydroxylation is 1. The number of aromatic nitrogens is 1. The maximum atomic E-state index is 13.0. The van der Waals surface area contributed by atoms with Gasteiger partial charge in [-0.15, -0.1) is 0 Å². The van der Waals surface area contributed by atoms with Crippen molar-refractivity contribution in [2.75, 3.05) is 0 Å². The summed E-state index contributed by atoms with van der Waals surface area (Å²) < 4.78 is 6.33. The average Bonchev–Trinajstić information content (AvgIpc) is 2.86. The molecule has 0 radical (unpaired) electrons. The lowest BCUT2D eigenvalue weighted by atomic mass is 9.85. The molecule has 38 heavy (non-hydrogen) atoms. The molecule has 1 aromatic heterocycles. The van der Waals surface area contributed by atoms with E-state index in [4.69, 9.17) is 16.3 Å². The molecule has 0 fully saturated rings. The summed E-state index contributed by atoms with van der Waals surface area (Å²) in [6, 6.07) is 21.0. The summed E-state index contributed by atoms with van der Waals surface area (Å²) in [6.07, 6.45) is 0.888. The molecule has 3 aromatic carbocycles. The standard InChI is InChI=1S/C33H32ClNO3/c1-21-19-25-11-10-23(16-17-33(6,37)28-9-7-8-18-35-28)20-27(25)30(24-12-14-26(34)15-13-24)29(21)31(22(2)36)38-32(3,4)5/h7-15,18-20,31,37H,1-6H3. The number of nitrogens with zero attached hydrogens (tertiary/aromatic N) is 1. The van der Waals surface area contributed by atoms with E-state index >= 15 is 0 Å². The molecule has 194 valence electrons. The number of Topliss-reactive ketones (excluding diaryl/α,β-unsaturated/α-hetero) is 1. The van der Waals surface area contributed by atoms with Crippen LogP contribution >= 0.6 is 11.6 Å². The highest BCUT2D eigenvalue weighted by atomic mass is 35.5. The fourth-order valence-electron chi connectivity index (χ4n) is 4.50. The van der Waals surface area contributed by atoms with Crippen LogP contribution in [-0.2, 0) is 15.1 Å². The van der Waals surface area contributed by atoms with E-state index in [1.807, 2.05) is 76.2 Å². The Labute approximate surface area is 229 Å². The van der Waals surface area contributed by atoms with Gasteiger partial charge in [0, 0.05) is 16.8 Å². The van der Waals surface area contributed by atoms with Gasteiger partial charge in [0.15, 0.2) is 11.4 Å². The van der Waals surface area contributed by atoms with Gasteiger partial charge in [-0.05, 0) is 111 Å². The van der Waals surface area contributed by atoms with Crippen LogP contribution in [-0.4, -0.2) is 21.5 Å². The van der Waals surface area contributed by atoms with Crippen LogP contribution in [0.1, 0.15) is 63.1 Å². The Kier molecular flexibility index (Phi) is 7.76. The lowest BCUT2D eigenvalue weighted by molar-refractivity contribution is -0.138. The number of aliphatic hydroxyl groups is 1. The third-order valence-electron chi connectivity index (χ3n) is 6.24. The first-order valence-corrected chi connectivity index (χ1v) is 12.9. The van der Waals surface area contributed by atoms with Crippen LogP contribution < -0.4 is 0 Å². The van der Waals surface area contributed by atoms with Gasteiger partial charge in [-0.3, -0.25) is 9.78 Å². The smallest absolute Gasteiger partial charge is 0.165 e. The van der Waals surface area contributed by atoms with Crippen LogP contribution in [0.25, 0.3) is 21.9 Å². The molecule has 0 saturated carbocycles. The van der Waals surface area contributed by atoms with E-state index < -0.39 is 17.3 Å². The maximum Gasteiger partial charge on any atom is 0.165 e. The Morgan fingerprint density at radius 2 is 1.74 bits per heavy atom. The van der Waals surface area contributed by atoms with E-state index in [0.29, 0.717) is 10.7 Å². The highest BCUT2D eigenvalue weighted by molar-refractivity contribution is 6.30. The van der Waals surface area contributed by atoms with E-state index in [0.717, 1.165) is 38.6 Å². The van der Waals surface area contributed by atoms with Crippen LogP contribution in [0.15, 0.2) is 72.9 Å². The molecule has 0 aliphatic rings. The third-order valence-corrected chi connectivity index (χ3v) is 6.49. The summed E-state index contributed by atoms with van der Waals surface area (Å²) in [6.45, 7) is 11.0. The van der Waals surface area contributed by atoms with Crippen molar-refractivity contribution in [2.45, 2.75) is 58.8 Å². The summed E-state index contributed by atoms with van der Waals surface area (Å²) in [4.78, 5) is 17.2. The second-order valence-corrected chi connectivity index (χ2v) is 11.1. The van der Waals surface area contributed by atoms with Crippen molar-refractivity contribution in [1.29, 1.82) is 0 Å². The largest absolute Gasteiger partial charge is 0.372 e. The highest BCUT2D eigenvalue weighted by Gasteiger charge is 2.29. The predicted octanol–water partition coefficient (Wildman–Crippen LogP) is 7.57. The second kappa shape index (κ2) is 10.7. The minimum atomic E-state index is -1.41. The van der Waals surface area contributed by atoms with E-state index in [2.05, 4.69) is 22.9 Å². The summed E-state index contributed by atoms with van der Waals surface area (Å²) in [5.41, 5.74) is 2.89. The lowest BCUT2D eigenvalue weighted by Crippen LogP contribution is -2.27. The van der Waals surface area contributed by atoms with Gasteiger partial charge >= 0.3 is 0 Å². The molecule has 0 amide bonds. The van der Waals surface area contributed by atoms with Gasteiger partial charge < -0.3 is 9.84 Å². The van der Waals surface area contributed by atoms with Gasteiger partial charge in [-0.1, -0.05) is 53.8 Å². The van der Waals surface area contributed by atoms with Crippen molar-refractivity contribution in [2.24, 2.45) is 0 Å². The zero-order valence-electron chi connectivity index (χ0n) is 22.6. The molecule has 0 spiro atoms. The normalized spacial score (nSPS) is 13.9. The Morgan fingerprint density at radius 1 is 1.03 bits per heavy atom. The number of rotatable bonds is 5. The van der Waals surface area contributed by atoms with Crippen molar-refractivity contribution >= 4 is 28.2 Å². The number of carbonyl (C=O) groups is 1. The predicted molar refractivity (Wildman–Crippen MR) is 154 cm³/mol. The molecule has 4 nitrogen and oxygen atoms in total. The fraction of sp³-hybridized carbons (Fsp3) is 0.273. The number of benzene rings is 3.